The third-order valence-electron chi connectivity index (χ3n) is 4.75. The van der Waals surface area contributed by atoms with Gasteiger partial charge in [0.05, 0.1) is 20.3 Å². The average Bonchev–Trinajstić information content (AvgIpc) is 2.73. The van der Waals surface area contributed by atoms with Crippen molar-refractivity contribution < 1.29 is 19.2 Å². The van der Waals surface area contributed by atoms with Gasteiger partial charge in [-0.2, -0.15) is 0 Å². The first-order valence-electron chi connectivity index (χ1n) is 9.33. The summed E-state index contributed by atoms with van der Waals surface area (Å²) in [6.07, 6.45) is 3.41. The highest BCUT2D eigenvalue weighted by atomic mass is 16.5. The van der Waals surface area contributed by atoms with Crippen LogP contribution in [0.1, 0.15) is 17.2 Å². The van der Waals surface area contributed by atoms with Gasteiger partial charge in [-0.1, -0.05) is 42.5 Å². The van der Waals surface area contributed by atoms with Gasteiger partial charge in [0.1, 0.15) is 31.4 Å². The van der Waals surface area contributed by atoms with Crippen molar-refractivity contribution in [2.45, 2.75) is 6.04 Å². The van der Waals surface area contributed by atoms with E-state index < -0.39 is 0 Å². The van der Waals surface area contributed by atoms with Crippen molar-refractivity contribution in [1.29, 1.82) is 0 Å². The van der Waals surface area contributed by atoms with Gasteiger partial charge in [0.15, 0.2) is 0 Å². The fourth-order valence-electron chi connectivity index (χ4n) is 3.20. The van der Waals surface area contributed by atoms with Gasteiger partial charge in [-0.25, -0.2) is 0 Å². The number of carbonyl (C=O) groups is 1. The van der Waals surface area contributed by atoms with E-state index >= 15 is 0 Å². The topological polar surface area (TPSA) is 52.0 Å². The number of benzene rings is 2. The van der Waals surface area contributed by atoms with Crippen LogP contribution in [0.25, 0.3) is 6.08 Å². The van der Waals surface area contributed by atoms with Gasteiger partial charge in [-0.05, 0) is 29.3 Å². The van der Waals surface area contributed by atoms with E-state index in [2.05, 4.69) is 17.4 Å². The molecule has 1 saturated heterocycles. The van der Waals surface area contributed by atoms with E-state index in [-0.39, 0.29) is 11.9 Å². The minimum atomic E-state index is -0.0904. The number of methoxy groups -OCH3 is 1. The number of ether oxygens (including phenoxy) is 2. The molecule has 1 atom stereocenters. The highest BCUT2D eigenvalue weighted by Crippen LogP contribution is 2.13. The first-order chi connectivity index (χ1) is 13.2. The molecule has 5 heteroatoms. The Kier molecular flexibility index (Phi) is 7.02. The van der Waals surface area contributed by atoms with E-state index in [1.165, 1.54) is 4.90 Å². The molecule has 0 radical (unpaired) electrons. The molecule has 2 N–H and O–H groups in total. The Morgan fingerprint density at radius 1 is 1.15 bits per heavy atom. The van der Waals surface area contributed by atoms with Crippen LogP contribution in [0.2, 0.25) is 0 Å². The maximum atomic E-state index is 12.5. The van der Waals surface area contributed by atoms with Crippen LogP contribution in [0.15, 0.2) is 60.7 Å². The van der Waals surface area contributed by atoms with E-state index in [4.69, 9.17) is 9.47 Å². The van der Waals surface area contributed by atoms with Crippen molar-refractivity contribution in [3.05, 3.63) is 71.8 Å². The maximum absolute atomic E-state index is 12.5. The van der Waals surface area contributed by atoms with Crippen LogP contribution < -0.4 is 15.0 Å². The maximum Gasteiger partial charge on any atom is 0.244 e. The summed E-state index contributed by atoms with van der Waals surface area (Å²) in [6.45, 7) is 4.36. The van der Waals surface area contributed by atoms with Gasteiger partial charge < -0.3 is 19.7 Å². The number of rotatable bonds is 7. The number of amides is 1. The molecule has 5 nitrogen and oxygen atoms in total. The minimum absolute atomic E-state index is 0.0210. The van der Waals surface area contributed by atoms with Gasteiger partial charge in [-0.3, -0.25) is 4.79 Å². The summed E-state index contributed by atoms with van der Waals surface area (Å²) in [4.78, 5) is 14.0. The zero-order chi connectivity index (χ0) is 18.9. The highest BCUT2D eigenvalue weighted by molar-refractivity contribution is 5.92. The number of morpholine rings is 1. The summed E-state index contributed by atoms with van der Waals surface area (Å²) < 4.78 is 10.6. The van der Waals surface area contributed by atoms with Crippen LogP contribution >= 0.6 is 0 Å². The van der Waals surface area contributed by atoms with Crippen molar-refractivity contribution in [2.75, 3.05) is 40.0 Å². The Labute approximate surface area is 160 Å². The summed E-state index contributed by atoms with van der Waals surface area (Å²) in [5.41, 5.74) is 2.09. The number of nitrogens with one attached hydrogen (secondary N) is 2. The standard InChI is InChI=1S/C22H26N2O3/c1-26-20-10-7-18(8-11-20)9-12-22(25)23-21(19-5-3-2-4-6-19)17-24-13-15-27-16-14-24/h2-12,21H,13-17H2,1H3,(H,23,25)/p+1/b12-9+/t21-/m0/s1. The summed E-state index contributed by atoms with van der Waals surface area (Å²) in [7, 11) is 1.64. The minimum Gasteiger partial charge on any atom is -0.497 e. The normalized spacial score (nSPS) is 16.2. The number of carbonyl (C=O) groups excluding carboxylic acids is 1. The first-order valence-corrected chi connectivity index (χ1v) is 9.33. The summed E-state index contributed by atoms with van der Waals surface area (Å²) >= 11 is 0. The Bertz CT molecular complexity index is 738. The van der Waals surface area contributed by atoms with Gasteiger partial charge >= 0.3 is 0 Å². The second kappa shape index (κ2) is 9.90. The van der Waals surface area contributed by atoms with Crippen LogP contribution in [0.3, 0.4) is 0 Å². The van der Waals surface area contributed by atoms with Gasteiger partial charge in [-0.15, -0.1) is 0 Å². The molecule has 0 spiro atoms. The van der Waals surface area contributed by atoms with Gasteiger partial charge in [0.25, 0.3) is 0 Å². The van der Waals surface area contributed by atoms with E-state index in [0.29, 0.717) is 0 Å². The van der Waals surface area contributed by atoms with Crippen LogP contribution in [-0.4, -0.2) is 45.9 Å². The zero-order valence-electron chi connectivity index (χ0n) is 15.7. The molecule has 142 valence electrons. The molecule has 1 heterocycles. The Morgan fingerprint density at radius 3 is 2.52 bits per heavy atom. The lowest BCUT2D eigenvalue weighted by Gasteiger charge is -2.28. The molecule has 0 aromatic heterocycles. The van der Waals surface area contributed by atoms with Crippen molar-refractivity contribution in [3.63, 3.8) is 0 Å². The fourth-order valence-corrected chi connectivity index (χ4v) is 3.20. The van der Waals surface area contributed by atoms with Crippen LogP contribution in [0, 0.1) is 0 Å². The highest BCUT2D eigenvalue weighted by Gasteiger charge is 2.22. The number of quaternary nitrogens is 1. The third-order valence-corrected chi connectivity index (χ3v) is 4.75. The van der Waals surface area contributed by atoms with Crippen molar-refractivity contribution >= 4 is 12.0 Å². The molecule has 0 aliphatic carbocycles. The Balaban J connectivity index is 1.64. The van der Waals surface area contributed by atoms with Crippen molar-refractivity contribution in [1.82, 2.24) is 5.32 Å². The molecule has 1 fully saturated rings. The van der Waals surface area contributed by atoms with Gasteiger partial charge in [0, 0.05) is 6.08 Å². The molecular weight excluding hydrogens is 340 g/mol. The average molecular weight is 367 g/mol. The molecule has 0 saturated carbocycles. The number of hydrogen-bond donors (Lipinski definition) is 2. The second-order valence-corrected chi connectivity index (χ2v) is 6.64. The number of hydrogen-bond acceptors (Lipinski definition) is 3. The Morgan fingerprint density at radius 2 is 1.85 bits per heavy atom. The van der Waals surface area contributed by atoms with Crippen molar-refractivity contribution in [2.24, 2.45) is 0 Å². The van der Waals surface area contributed by atoms with E-state index in [9.17, 15) is 4.79 Å². The van der Waals surface area contributed by atoms with E-state index in [0.717, 1.165) is 49.7 Å². The predicted molar refractivity (Wildman–Crippen MR) is 106 cm³/mol. The molecule has 1 aliphatic heterocycles. The van der Waals surface area contributed by atoms with E-state index in [1.54, 1.807) is 13.2 Å². The summed E-state index contributed by atoms with van der Waals surface area (Å²) in [5.74, 6) is 0.710. The molecule has 0 unspecified atom stereocenters. The fraction of sp³-hybridized carbons (Fsp3) is 0.318. The smallest absolute Gasteiger partial charge is 0.244 e. The van der Waals surface area contributed by atoms with Crippen LogP contribution in [-0.2, 0) is 9.53 Å². The molecular formula is C22H27N2O3+. The summed E-state index contributed by atoms with van der Waals surface area (Å²) in [6, 6.07) is 17.7. The SMILES string of the molecule is COc1ccc(/C=C/C(=O)N[C@@H](C[NH+]2CCOCC2)c2ccccc2)cc1. The van der Waals surface area contributed by atoms with Crippen molar-refractivity contribution in [3.8, 4) is 5.75 Å². The third kappa shape index (κ3) is 5.94. The molecule has 1 aliphatic rings. The monoisotopic (exact) mass is 367 g/mol. The largest absolute Gasteiger partial charge is 0.497 e. The quantitative estimate of drug-likeness (QED) is 0.729. The van der Waals surface area contributed by atoms with Crippen LogP contribution in [0.5, 0.6) is 5.75 Å². The lowest BCUT2D eigenvalue weighted by molar-refractivity contribution is -0.909. The molecule has 0 bridgehead atoms. The lowest BCUT2D eigenvalue weighted by atomic mass is 10.1. The van der Waals surface area contributed by atoms with Crippen LogP contribution in [0.4, 0.5) is 0 Å². The predicted octanol–water partition coefficient (Wildman–Crippen LogP) is 1.48. The molecule has 27 heavy (non-hydrogen) atoms. The molecule has 2 aromatic carbocycles. The lowest BCUT2D eigenvalue weighted by Crippen LogP contribution is -3.14. The zero-order valence-corrected chi connectivity index (χ0v) is 15.7. The Hall–Kier alpha value is -2.63. The molecule has 2 aromatic rings. The second-order valence-electron chi connectivity index (χ2n) is 6.64. The summed E-state index contributed by atoms with van der Waals surface area (Å²) in [5, 5.41) is 3.16. The van der Waals surface area contributed by atoms with E-state index in [1.807, 2.05) is 48.5 Å². The first kappa shape index (κ1) is 19.1. The molecule has 3 rings (SSSR count). The molecule has 1 amide bonds. The van der Waals surface area contributed by atoms with Gasteiger partial charge in [0.2, 0.25) is 5.91 Å².